The number of phenols is 1. The number of carbonyl (C=O) groups excluding carboxylic acids is 1. The van der Waals surface area contributed by atoms with E-state index in [1.807, 2.05) is 24.0 Å². The van der Waals surface area contributed by atoms with E-state index < -0.39 is 0 Å². The SMILES string of the molecule is CCNC(=O)N1CCN(c2ccc(O)cc2)CC1. The topological polar surface area (TPSA) is 55.8 Å². The molecule has 18 heavy (non-hydrogen) atoms. The van der Waals surface area contributed by atoms with Gasteiger partial charge in [-0.2, -0.15) is 0 Å². The van der Waals surface area contributed by atoms with Gasteiger partial charge in [-0.25, -0.2) is 4.79 Å². The molecule has 0 atom stereocenters. The van der Waals surface area contributed by atoms with Gasteiger partial charge in [0.1, 0.15) is 5.75 Å². The van der Waals surface area contributed by atoms with Gasteiger partial charge in [-0.05, 0) is 31.2 Å². The van der Waals surface area contributed by atoms with Crippen LogP contribution in [0.25, 0.3) is 0 Å². The maximum Gasteiger partial charge on any atom is 0.317 e. The van der Waals surface area contributed by atoms with Crippen LogP contribution in [0.4, 0.5) is 10.5 Å². The Bertz CT molecular complexity index is 397. The molecule has 1 saturated heterocycles. The van der Waals surface area contributed by atoms with Gasteiger partial charge in [0.25, 0.3) is 0 Å². The van der Waals surface area contributed by atoms with Crippen molar-refractivity contribution in [3.63, 3.8) is 0 Å². The number of benzene rings is 1. The van der Waals surface area contributed by atoms with Crippen LogP contribution < -0.4 is 10.2 Å². The summed E-state index contributed by atoms with van der Waals surface area (Å²) in [6.45, 7) is 5.69. The molecule has 2 amide bonds. The lowest BCUT2D eigenvalue weighted by molar-refractivity contribution is 0.195. The van der Waals surface area contributed by atoms with Crippen molar-refractivity contribution in [2.75, 3.05) is 37.6 Å². The zero-order valence-electron chi connectivity index (χ0n) is 10.6. The molecule has 0 radical (unpaired) electrons. The molecule has 1 aliphatic heterocycles. The maximum atomic E-state index is 11.6. The molecular weight excluding hydrogens is 230 g/mol. The molecule has 0 aromatic heterocycles. The monoisotopic (exact) mass is 249 g/mol. The quantitative estimate of drug-likeness (QED) is 0.829. The van der Waals surface area contributed by atoms with Crippen molar-refractivity contribution < 1.29 is 9.90 Å². The van der Waals surface area contributed by atoms with Crippen LogP contribution >= 0.6 is 0 Å². The van der Waals surface area contributed by atoms with Crippen LogP contribution in [0.2, 0.25) is 0 Å². The van der Waals surface area contributed by atoms with Crippen molar-refractivity contribution in [1.82, 2.24) is 10.2 Å². The first-order valence-electron chi connectivity index (χ1n) is 6.27. The minimum Gasteiger partial charge on any atom is -0.508 e. The van der Waals surface area contributed by atoms with Crippen LogP contribution in [0.3, 0.4) is 0 Å². The minimum atomic E-state index is 0.0165. The van der Waals surface area contributed by atoms with Gasteiger partial charge >= 0.3 is 6.03 Å². The molecule has 2 rings (SSSR count). The fourth-order valence-corrected chi connectivity index (χ4v) is 2.09. The van der Waals surface area contributed by atoms with Crippen molar-refractivity contribution >= 4 is 11.7 Å². The highest BCUT2D eigenvalue weighted by Gasteiger charge is 2.20. The first kappa shape index (κ1) is 12.5. The third-order valence-corrected chi connectivity index (χ3v) is 3.11. The maximum absolute atomic E-state index is 11.6. The summed E-state index contributed by atoms with van der Waals surface area (Å²) in [5.41, 5.74) is 1.09. The number of amides is 2. The van der Waals surface area contributed by atoms with E-state index in [4.69, 9.17) is 0 Å². The van der Waals surface area contributed by atoms with E-state index in [1.165, 1.54) is 0 Å². The average Bonchev–Trinajstić information content (AvgIpc) is 2.40. The first-order chi connectivity index (χ1) is 8.70. The van der Waals surface area contributed by atoms with E-state index >= 15 is 0 Å². The molecule has 98 valence electrons. The van der Waals surface area contributed by atoms with Gasteiger partial charge in [0.2, 0.25) is 0 Å². The number of hydrogen-bond donors (Lipinski definition) is 2. The van der Waals surface area contributed by atoms with Crippen LogP contribution in [0.1, 0.15) is 6.92 Å². The third-order valence-electron chi connectivity index (χ3n) is 3.11. The standard InChI is InChI=1S/C13H19N3O2/c1-2-14-13(18)16-9-7-15(8-10-16)11-3-5-12(17)6-4-11/h3-6,17H,2,7-10H2,1H3,(H,14,18). The number of nitrogens with zero attached hydrogens (tertiary/aromatic N) is 2. The van der Waals surface area contributed by atoms with Gasteiger partial charge in [-0.15, -0.1) is 0 Å². The largest absolute Gasteiger partial charge is 0.508 e. The number of anilines is 1. The Kier molecular flexibility index (Phi) is 3.92. The van der Waals surface area contributed by atoms with Crippen molar-refractivity contribution in [1.29, 1.82) is 0 Å². The average molecular weight is 249 g/mol. The van der Waals surface area contributed by atoms with E-state index in [0.29, 0.717) is 6.54 Å². The Morgan fingerprint density at radius 2 is 1.83 bits per heavy atom. The molecule has 0 unspecified atom stereocenters. The fourth-order valence-electron chi connectivity index (χ4n) is 2.09. The Morgan fingerprint density at radius 3 is 2.39 bits per heavy atom. The van der Waals surface area contributed by atoms with Crippen LogP contribution in [0.15, 0.2) is 24.3 Å². The Balaban J connectivity index is 1.90. The van der Waals surface area contributed by atoms with Crippen LogP contribution in [-0.2, 0) is 0 Å². The second kappa shape index (κ2) is 5.62. The van der Waals surface area contributed by atoms with Gasteiger partial charge in [0.05, 0.1) is 0 Å². The third kappa shape index (κ3) is 2.85. The molecule has 1 heterocycles. The highest BCUT2D eigenvalue weighted by molar-refractivity contribution is 5.74. The van der Waals surface area contributed by atoms with E-state index in [0.717, 1.165) is 31.9 Å². The number of urea groups is 1. The Hall–Kier alpha value is -1.91. The molecule has 1 fully saturated rings. The lowest BCUT2D eigenvalue weighted by atomic mass is 10.2. The summed E-state index contributed by atoms with van der Waals surface area (Å²) >= 11 is 0. The van der Waals surface area contributed by atoms with Crippen molar-refractivity contribution in [3.8, 4) is 5.75 Å². The van der Waals surface area contributed by atoms with Crippen LogP contribution in [-0.4, -0.2) is 48.8 Å². The predicted molar refractivity (Wildman–Crippen MR) is 71.0 cm³/mol. The summed E-state index contributed by atoms with van der Waals surface area (Å²) in [6.07, 6.45) is 0. The minimum absolute atomic E-state index is 0.0165. The van der Waals surface area contributed by atoms with Crippen molar-refractivity contribution in [2.24, 2.45) is 0 Å². The fraction of sp³-hybridized carbons (Fsp3) is 0.462. The molecule has 0 spiro atoms. The van der Waals surface area contributed by atoms with Gasteiger partial charge in [-0.1, -0.05) is 0 Å². The summed E-state index contributed by atoms with van der Waals surface area (Å²) in [5.74, 6) is 0.278. The highest BCUT2D eigenvalue weighted by atomic mass is 16.3. The first-order valence-corrected chi connectivity index (χ1v) is 6.27. The van der Waals surface area contributed by atoms with E-state index in [1.54, 1.807) is 12.1 Å². The second-order valence-corrected chi connectivity index (χ2v) is 4.33. The normalized spacial score (nSPS) is 15.6. The number of hydrogen-bond acceptors (Lipinski definition) is 3. The molecule has 0 saturated carbocycles. The van der Waals surface area contributed by atoms with Gasteiger partial charge < -0.3 is 20.2 Å². The highest BCUT2D eigenvalue weighted by Crippen LogP contribution is 2.19. The van der Waals surface area contributed by atoms with Crippen molar-refractivity contribution in [2.45, 2.75) is 6.92 Å². The molecule has 1 aromatic rings. The van der Waals surface area contributed by atoms with Crippen LogP contribution in [0.5, 0.6) is 5.75 Å². The molecular formula is C13H19N3O2. The lowest BCUT2D eigenvalue weighted by Gasteiger charge is -2.36. The van der Waals surface area contributed by atoms with E-state index in [9.17, 15) is 9.90 Å². The summed E-state index contributed by atoms with van der Waals surface area (Å²) in [4.78, 5) is 15.7. The Morgan fingerprint density at radius 1 is 1.22 bits per heavy atom. The molecule has 5 heteroatoms. The summed E-state index contributed by atoms with van der Waals surface area (Å²) in [6, 6.07) is 7.19. The number of piperazine rings is 1. The van der Waals surface area contributed by atoms with E-state index in [2.05, 4.69) is 10.2 Å². The zero-order chi connectivity index (χ0) is 13.0. The molecule has 2 N–H and O–H groups in total. The molecule has 1 aromatic carbocycles. The van der Waals surface area contributed by atoms with E-state index in [-0.39, 0.29) is 11.8 Å². The smallest absolute Gasteiger partial charge is 0.317 e. The lowest BCUT2D eigenvalue weighted by Crippen LogP contribution is -2.51. The number of carbonyl (C=O) groups is 1. The predicted octanol–water partition coefficient (Wildman–Crippen LogP) is 1.24. The number of rotatable bonds is 2. The number of phenolic OH excluding ortho intramolecular Hbond substituents is 1. The molecule has 0 aliphatic carbocycles. The molecule has 0 bridgehead atoms. The number of nitrogens with one attached hydrogen (secondary N) is 1. The summed E-state index contributed by atoms with van der Waals surface area (Å²) < 4.78 is 0. The van der Waals surface area contributed by atoms with Crippen molar-refractivity contribution in [3.05, 3.63) is 24.3 Å². The van der Waals surface area contributed by atoms with Gasteiger partial charge in [0, 0.05) is 38.4 Å². The van der Waals surface area contributed by atoms with Gasteiger partial charge in [-0.3, -0.25) is 0 Å². The van der Waals surface area contributed by atoms with Crippen LogP contribution in [0, 0.1) is 0 Å². The second-order valence-electron chi connectivity index (χ2n) is 4.33. The summed E-state index contributed by atoms with van der Waals surface area (Å²) in [7, 11) is 0. The summed E-state index contributed by atoms with van der Waals surface area (Å²) in [5, 5.41) is 12.1. The zero-order valence-corrected chi connectivity index (χ0v) is 10.6. The Labute approximate surface area is 107 Å². The molecule has 1 aliphatic rings. The molecule has 5 nitrogen and oxygen atoms in total. The van der Waals surface area contributed by atoms with Gasteiger partial charge in [0.15, 0.2) is 0 Å². The number of aromatic hydroxyl groups is 1.